The molecule has 1 unspecified atom stereocenters. The number of anilines is 1. The number of nitrogens with one attached hydrogen (secondary N) is 1. The van der Waals surface area contributed by atoms with Crippen molar-refractivity contribution in [3.05, 3.63) is 90.2 Å². The minimum atomic E-state index is -4.29. The second-order valence-electron chi connectivity index (χ2n) is 10.6. The summed E-state index contributed by atoms with van der Waals surface area (Å²) in [5, 5.41) is 3.11. The SMILES string of the molecule is CCOc1ccc(N(CC(=O)N(CCc2ccccc2)C(CC)C(=O)NC2CCCC2)S(=O)(=O)c2ccc(F)cc2)cc1. The first kappa shape index (κ1) is 32.0. The summed E-state index contributed by atoms with van der Waals surface area (Å²) in [6.45, 7) is 3.81. The minimum Gasteiger partial charge on any atom is -0.494 e. The highest BCUT2D eigenvalue weighted by Gasteiger charge is 2.34. The number of hydrogen-bond donors (Lipinski definition) is 1. The van der Waals surface area contributed by atoms with Crippen LogP contribution in [0.1, 0.15) is 51.5 Å². The number of carbonyl (C=O) groups is 2. The summed E-state index contributed by atoms with van der Waals surface area (Å²) in [4.78, 5) is 29.0. The Morgan fingerprint density at radius 3 is 2.21 bits per heavy atom. The number of benzene rings is 3. The molecule has 2 amide bonds. The van der Waals surface area contributed by atoms with Crippen molar-refractivity contribution in [3.8, 4) is 5.75 Å². The molecule has 0 aliphatic heterocycles. The van der Waals surface area contributed by atoms with Crippen molar-refractivity contribution >= 4 is 27.5 Å². The van der Waals surface area contributed by atoms with Gasteiger partial charge in [-0.05, 0) is 86.7 Å². The average molecular weight is 610 g/mol. The van der Waals surface area contributed by atoms with E-state index < -0.39 is 34.3 Å². The van der Waals surface area contributed by atoms with E-state index in [4.69, 9.17) is 4.74 Å². The van der Waals surface area contributed by atoms with Crippen molar-refractivity contribution in [2.75, 3.05) is 24.0 Å². The first-order valence-electron chi connectivity index (χ1n) is 14.9. The van der Waals surface area contributed by atoms with E-state index in [1.165, 1.54) is 17.0 Å². The van der Waals surface area contributed by atoms with Crippen LogP contribution in [-0.4, -0.2) is 56.9 Å². The van der Waals surface area contributed by atoms with Crippen LogP contribution in [-0.2, 0) is 26.0 Å². The van der Waals surface area contributed by atoms with Gasteiger partial charge in [-0.25, -0.2) is 12.8 Å². The van der Waals surface area contributed by atoms with Gasteiger partial charge in [0.2, 0.25) is 11.8 Å². The molecule has 1 N–H and O–H groups in total. The van der Waals surface area contributed by atoms with Crippen LogP contribution < -0.4 is 14.4 Å². The van der Waals surface area contributed by atoms with Crippen molar-refractivity contribution in [2.24, 2.45) is 0 Å². The minimum absolute atomic E-state index is 0.0758. The summed E-state index contributed by atoms with van der Waals surface area (Å²) in [6, 6.07) is 19.8. The molecule has 230 valence electrons. The third-order valence-corrected chi connectivity index (χ3v) is 9.48. The van der Waals surface area contributed by atoms with Gasteiger partial charge < -0.3 is 15.0 Å². The van der Waals surface area contributed by atoms with Crippen LogP contribution in [0.5, 0.6) is 5.75 Å². The maximum absolute atomic E-state index is 14.1. The maximum Gasteiger partial charge on any atom is 0.264 e. The van der Waals surface area contributed by atoms with Gasteiger partial charge in [-0.1, -0.05) is 50.1 Å². The highest BCUT2D eigenvalue weighted by molar-refractivity contribution is 7.92. The maximum atomic E-state index is 14.1. The fourth-order valence-corrected chi connectivity index (χ4v) is 6.82. The van der Waals surface area contributed by atoms with Crippen LogP contribution in [0, 0.1) is 5.82 Å². The summed E-state index contributed by atoms with van der Waals surface area (Å²) in [5.74, 6) is -0.765. The Labute approximate surface area is 253 Å². The van der Waals surface area contributed by atoms with Crippen LogP contribution in [0.4, 0.5) is 10.1 Å². The van der Waals surface area contributed by atoms with E-state index in [2.05, 4.69) is 5.32 Å². The number of sulfonamides is 1. The zero-order chi connectivity index (χ0) is 30.8. The van der Waals surface area contributed by atoms with Gasteiger partial charge >= 0.3 is 0 Å². The molecule has 0 spiro atoms. The predicted molar refractivity (Wildman–Crippen MR) is 165 cm³/mol. The van der Waals surface area contributed by atoms with Crippen LogP contribution in [0.25, 0.3) is 0 Å². The number of nitrogens with zero attached hydrogens (tertiary/aromatic N) is 2. The molecule has 3 aromatic carbocycles. The largest absolute Gasteiger partial charge is 0.494 e. The van der Waals surface area contributed by atoms with Crippen LogP contribution in [0.3, 0.4) is 0 Å². The standard InChI is InChI=1S/C33H40FN3O5S/c1-3-31(33(39)35-27-12-8-9-13-27)36(23-22-25-10-6-5-7-11-25)32(38)24-37(28-16-18-29(19-17-28)42-4-2)43(40,41)30-20-14-26(34)15-21-30/h5-7,10-11,14-21,27,31H,3-4,8-9,12-13,22-24H2,1-2H3,(H,35,39). The van der Waals surface area contributed by atoms with Gasteiger partial charge in [0.15, 0.2) is 0 Å². The quantitative estimate of drug-likeness (QED) is 0.267. The molecule has 1 atom stereocenters. The summed E-state index contributed by atoms with van der Waals surface area (Å²) < 4.78 is 48.0. The van der Waals surface area contributed by atoms with Gasteiger partial charge in [0.05, 0.1) is 17.2 Å². The van der Waals surface area contributed by atoms with Gasteiger partial charge in [0.1, 0.15) is 24.2 Å². The van der Waals surface area contributed by atoms with Gasteiger partial charge in [-0.2, -0.15) is 0 Å². The number of rotatable bonds is 14. The molecule has 8 nitrogen and oxygen atoms in total. The smallest absolute Gasteiger partial charge is 0.264 e. The Bertz CT molecular complexity index is 1440. The fraction of sp³-hybridized carbons (Fsp3) is 0.394. The molecule has 3 aromatic rings. The molecule has 1 aliphatic carbocycles. The lowest BCUT2D eigenvalue weighted by atomic mass is 10.1. The number of hydrogen-bond acceptors (Lipinski definition) is 5. The van der Waals surface area contributed by atoms with Crippen molar-refractivity contribution < 1.29 is 27.1 Å². The third-order valence-electron chi connectivity index (χ3n) is 7.69. The highest BCUT2D eigenvalue weighted by Crippen LogP contribution is 2.27. The molecule has 0 heterocycles. The summed E-state index contributed by atoms with van der Waals surface area (Å²) >= 11 is 0. The van der Waals surface area contributed by atoms with Crippen molar-refractivity contribution in [2.45, 2.75) is 69.4 Å². The van der Waals surface area contributed by atoms with Crippen LogP contribution in [0.15, 0.2) is 83.8 Å². The zero-order valence-electron chi connectivity index (χ0n) is 24.7. The van der Waals surface area contributed by atoms with Gasteiger partial charge in [-0.3, -0.25) is 13.9 Å². The molecule has 43 heavy (non-hydrogen) atoms. The molecular formula is C33H40FN3O5S. The fourth-order valence-electron chi connectivity index (χ4n) is 5.40. The van der Waals surface area contributed by atoms with Crippen molar-refractivity contribution in [3.63, 3.8) is 0 Å². The van der Waals surface area contributed by atoms with E-state index >= 15 is 0 Å². The van der Waals surface area contributed by atoms with E-state index in [0.29, 0.717) is 25.2 Å². The number of halogens is 1. The first-order valence-corrected chi connectivity index (χ1v) is 16.3. The predicted octanol–water partition coefficient (Wildman–Crippen LogP) is 5.33. The summed E-state index contributed by atoms with van der Waals surface area (Å²) in [5.41, 5.74) is 1.24. The first-order chi connectivity index (χ1) is 20.7. The highest BCUT2D eigenvalue weighted by atomic mass is 32.2. The van der Waals surface area contributed by atoms with E-state index in [-0.39, 0.29) is 29.1 Å². The van der Waals surface area contributed by atoms with E-state index in [0.717, 1.165) is 47.7 Å². The Morgan fingerprint density at radius 1 is 0.953 bits per heavy atom. The number of carbonyl (C=O) groups excluding carboxylic acids is 2. The molecule has 1 saturated carbocycles. The lowest BCUT2D eigenvalue weighted by molar-refractivity contribution is -0.139. The lowest BCUT2D eigenvalue weighted by Gasteiger charge is -2.33. The van der Waals surface area contributed by atoms with E-state index in [1.54, 1.807) is 24.3 Å². The van der Waals surface area contributed by atoms with Crippen LogP contribution in [0.2, 0.25) is 0 Å². The molecule has 0 bridgehead atoms. The third kappa shape index (κ3) is 8.34. The second-order valence-corrected chi connectivity index (χ2v) is 12.5. The summed E-state index contributed by atoms with van der Waals surface area (Å²) in [6.07, 6.45) is 4.77. The lowest BCUT2D eigenvalue weighted by Crippen LogP contribution is -2.54. The van der Waals surface area contributed by atoms with Crippen molar-refractivity contribution in [1.29, 1.82) is 0 Å². The van der Waals surface area contributed by atoms with Crippen LogP contribution >= 0.6 is 0 Å². The molecule has 4 rings (SSSR count). The molecular weight excluding hydrogens is 569 g/mol. The monoisotopic (exact) mass is 609 g/mol. The Hall–Kier alpha value is -3.92. The second kappa shape index (κ2) is 15.0. The molecule has 1 aliphatic rings. The van der Waals surface area contributed by atoms with Gasteiger partial charge in [0, 0.05) is 12.6 Å². The molecule has 1 fully saturated rings. The summed E-state index contributed by atoms with van der Waals surface area (Å²) in [7, 11) is -4.29. The van der Waals surface area contributed by atoms with Crippen molar-refractivity contribution in [1.82, 2.24) is 10.2 Å². The molecule has 0 aromatic heterocycles. The topological polar surface area (TPSA) is 96.0 Å². The average Bonchev–Trinajstić information content (AvgIpc) is 3.52. The Morgan fingerprint density at radius 2 is 1.60 bits per heavy atom. The zero-order valence-corrected chi connectivity index (χ0v) is 25.6. The molecule has 0 saturated heterocycles. The Kier molecular flexibility index (Phi) is 11.2. The van der Waals surface area contributed by atoms with Gasteiger partial charge in [0.25, 0.3) is 10.0 Å². The van der Waals surface area contributed by atoms with E-state index in [1.807, 2.05) is 44.2 Å². The Balaban J connectivity index is 1.67. The number of amides is 2. The van der Waals surface area contributed by atoms with E-state index in [9.17, 15) is 22.4 Å². The normalized spacial score (nSPS) is 14.2. The number of ether oxygens (including phenoxy) is 1. The van der Waals surface area contributed by atoms with Gasteiger partial charge in [-0.15, -0.1) is 0 Å². The molecule has 10 heteroatoms. The molecule has 0 radical (unpaired) electrons.